The van der Waals surface area contributed by atoms with Crippen molar-refractivity contribution in [3.05, 3.63) is 28.5 Å². The fourth-order valence-electron chi connectivity index (χ4n) is 1.51. The average Bonchev–Trinajstić information content (AvgIpc) is 2.67. The molecule has 1 heterocycles. The molecular weight excluding hydrogens is 249 g/mol. The molecule has 2 rings (SSSR count). The monoisotopic (exact) mass is 259 g/mol. The molecular formula is C11H11ClFNO3. The summed E-state index contributed by atoms with van der Waals surface area (Å²) in [5.74, 6) is -0.157. The second kappa shape index (κ2) is 4.79. The van der Waals surface area contributed by atoms with Crippen LogP contribution in [0.2, 0.25) is 5.02 Å². The zero-order valence-corrected chi connectivity index (χ0v) is 9.88. The Morgan fingerprint density at radius 2 is 2.41 bits per heavy atom. The molecule has 4 nitrogen and oxygen atoms in total. The van der Waals surface area contributed by atoms with Gasteiger partial charge in [-0.05, 0) is 18.6 Å². The van der Waals surface area contributed by atoms with Gasteiger partial charge >= 0.3 is 6.09 Å². The van der Waals surface area contributed by atoms with E-state index in [0.29, 0.717) is 17.1 Å². The molecule has 0 bridgehead atoms. The summed E-state index contributed by atoms with van der Waals surface area (Å²) >= 11 is 5.96. The minimum absolute atomic E-state index is 0.140. The van der Waals surface area contributed by atoms with Crippen LogP contribution in [-0.2, 0) is 4.74 Å². The Morgan fingerprint density at radius 3 is 3.06 bits per heavy atom. The summed E-state index contributed by atoms with van der Waals surface area (Å²) in [6.45, 7) is 2.21. The number of benzene rings is 1. The zero-order valence-electron chi connectivity index (χ0n) is 9.13. The molecule has 6 heteroatoms. The van der Waals surface area contributed by atoms with Crippen LogP contribution < -0.4 is 10.1 Å². The maximum Gasteiger partial charge on any atom is 0.407 e. The first-order valence-electron chi connectivity index (χ1n) is 5.09. The van der Waals surface area contributed by atoms with Gasteiger partial charge in [-0.25, -0.2) is 9.18 Å². The van der Waals surface area contributed by atoms with Crippen LogP contribution in [0.5, 0.6) is 5.75 Å². The largest absolute Gasteiger partial charge is 0.488 e. The van der Waals surface area contributed by atoms with E-state index in [4.69, 9.17) is 21.1 Å². The summed E-state index contributed by atoms with van der Waals surface area (Å²) in [6, 6.07) is 2.53. The quantitative estimate of drug-likeness (QED) is 0.906. The van der Waals surface area contributed by atoms with Crippen molar-refractivity contribution in [2.75, 3.05) is 13.2 Å². The minimum Gasteiger partial charge on any atom is -0.488 e. The van der Waals surface area contributed by atoms with Crippen LogP contribution >= 0.6 is 11.6 Å². The number of amides is 1. The Bertz CT molecular complexity index is 453. The smallest absolute Gasteiger partial charge is 0.407 e. The van der Waals surface area contributed by atoms with E-state index in [0.717, 1.165) is 0 Å². The van der Waals surface area contributed by atoms with Crippen LogP contribution in [0.4, 0.5) is 9.18 Å². The number of carbonyl (C=O) groups excluding carboxylic acids is 1. The van der Waals surface area contributed by atoms with Gasteiger partial charge in [0, 0.05) is 6.07 Å². The van der Waals surface area contributed by atoms with Crippen LogP contribution in [0.1, 0.15) is 5.56 Å². The first-order chi connectivity index (χ1) is 8.06. The molecule has 1 aromatic rings. The summed E-state index contributed by atoms with van der Waals surface area (Å²) in [6.07, 6.45) is -0.845. The fraction of sp³-hybridized carbons (Fsp3) is 0.364. The highest BCUT2D eigenvalue weighted by molar-refractivity contribution is 6.32. The van der Waals surface area contributed by atoms with E-state index in [1.54, 1.807) is 6.92 Å². The molecule has 0 aliphatic carbocycles. The van der Waals surface area contributed by atoms with E-state index in [1.165, 1.54) is 12.1 Å². The predicted molar refractivity (Wildman–Crippen MR) is 59.9 cm³/mol. The molecule has 1 N–H and O–H groups in total. The third-order valence-corrected chi connectivity index (χ3v) is 2.84. The molecule has 1 aromatic carbocycles. The molecule has 17 heavy (non-hydrogen) atoms. The highest BCUT2D eigenvalue weighted by Gasteiger charge is 2.23. The number of hydrogen-bond acceptors (Lipinski definition) is 3. The average molecular weight is 260 g/mol. The van der Waals surface area contributed by atoms with Crippen molar-refractivity contribution < 1.29 is 18.7 Å². The van der Waals surface area contributed by atoms with Gasteiger partial charge in [0.1, 0.15) is 18.2 Å². The number of halogens is 2. The Hall–Kier alpha value is -1.49. The molecule has 0 spiro atoms. The summed E-state index contributed by atoms with van der Waals surface area (Å²) < 4.78 is 23.3. The van der Waals surface area contributed by atoms with Gasteiger partial charge in [-0.2, -0.15) is 0 Å². The third kappa shape index (κ3) is 2.79. The molecule has 0 radical (unpaired) electrons. The van der Waals surface area contributed by atoms with Crippen molar-refractivity contribution in [1.82, 2.24) is 5.32 Å². The third-order valence-electron chi connectivity index (χ3n) is 2.36. The van der Waals surface area contributed by atoms with Gasteiger partial charge in [-0.3, -0.25) is 0 Å². The van der Waals surface area contributed by atoms with Gasteiger partial charge in [0.2, 0.25) is 0 Å². The Balaban J connectivity index is 2.01. The summed E-state index contributed by atoms with van der Waals surface area (Å²) in [4.78, 5) is 10.8. The zero-order chi connectivity index (χ0) is 12.4. The lowest BCUT2D eigenvalue weighted by molar-refractivity contribution is 0.104. The summed E-state index contributed by atoms with van der Waals surface area (Å²) in [5.41, 5.74) is 0.600. The van der Waals surface area contributed by atoms with E-state index in [1.807, 2.05) is 0 Å². The lowest BCUT2D eigenvalue weighted by atomic mass is 10.2. The molecule has 0 aromatic heterocycles. The lowest BCUT2D eigenvalue weighted by Crippen LogP contribution is -2.22. The van der Waals surface area contributed by atoms with E-state index >= 15 is 0 Å². The highest BCUT2D eigenvalue weighted by atomic mass is 35.5. The molecule has 1 fully saturated rings. The fourth-order valence-corrected chi connectivity index (χ4v) is 1.67. The number of aryl methyl sites for hydroxylation is 1. The number of carbonyl (C=O) groups is 1. The van der Waals surface area contributed by atoms with Gasteiger partial charge in [0.25, 0.3) is 0 Å². The van der Waals surface area contributed by atoms with E-state index in [-0.39, 0.29) is 18.5 Å². The van der Waals surface area contributed by atoms with Crippen molar-refractivity contribution >= 4 is 17.7 Å². The summed E-state index contributed by atoms with van der Waals surface area (Å²) in [7, 11) is 0. The second-order valence-electron chi connectivity index (χ2n) is 3.75. The van der Waals surface area contributed by atoms with Crippen molar-refractivity contribution in [3.63, 3.8) is 0 Å². The molecule has 0 saturated carbocycles. The molecule has 1 saturated heterocycles. The van der Waals surface area contributed by atoms with Crippen LogP contribution in [0.3, 0.4) is 0 Å². The van der Waals surface area contributed by atoms with Crippen LogP contribution in [0.15, 0.2) is 12.1 Å². The van der Waals surface area contributed by atoms with Gasteiger partial charge in [0.05, 0.1) is 11.6 Å². The number of ether oxygens (including phenoxy) is 2. The number of alkyl carbamates (subject to hydrolysis) is 1. The van der Waals surface area contributed by atoms with Crippen molar-refractivity contribution in [1.29, 1.82) is 0 Å². The maximum absolute atomic E-state index is 13.1. The Labute approximate surface area is 103 Å². The standard InChI is InChI=1S/C11H11ClFNO3/c1-6-2-7(13)3-9(10(6)12)16-5-8-4-14-11(15)17-8/h2-3,8H,4-5H2,1H3,(H,14,15)/t8-/m1/s1. The minimum atomic E-state index is -0.472. The van der Waals surface area contributed by atoms with Gasteiger partial charge in [-0.15, -0.1) is 0 Å². The predicted octanol–water partition coefficient (Wildman–Crippen LogP) is 2.27. The Morgan fingerprint density at radius 1 is 1.65 bits per heavy atom. The first kappa shape index (κ1) is 12.0. The van der Waals surface area contributed by atoms with E-state index in [9.17, 15) is 9.18 Å². The first-order valence-corrected chi connectivity index (χ1v) is 5.47. The van der Waals surface area contributed by atoms with Crippen molar-refractivity contribution in [2.45, 2.75) is 13.0 Å². The van der Waals surface area contributed by atoms with Gasteiger partial charge < -0.3 is 14.8 Å². The number of nitrogens with one attached hydrogen (secondary N) is 1. The van der Waals surface area contributed by atoms with Crippen molar-refractivity contribution in [2.24, 2.45) is 0 Å². The normalized spacial score (nSPS) is 18.8. The van der Waals surface area contributed by atoms with Gasteiger partial charge in [-0.1, -0.05) is 11.6 Å². The summed E-state index contributed by atoms with van der Waals surface area (Å²) in [5, 5.41) is 2.86. The second-order valence-corrected chi connectivity index (χ2v) is 4.13. The molecule has 0 unspecified atom stereocenters. The van der Waals surface area contributed by atoms with Gasteiger partial charge in [0.15, 0.2) is 6.10 Å². The van der Waals surface area contributed by atoms with Crippen LogP contribution in [-0.4, -0.2) is 25.3 Å². The number of cyclic esters (lactones) is 1. The SMILES string of the molecule is Cc1cc(F)cc(OC[C@H]2CNC(=O)O2)c1Cl. The lowest BCUT2D eigenvalue weighted by Gasteiger charge is -2.12. The highest BCUT2D eigenvalue weighted by Crippen LogP contribution is 2.29. The molecule has 1 atom stereocenters. The maximum atomic E-state index is 13.1. The van der Waals surface area contributed by atoms with Crippen molar-refractivity contribution in [3.8, 4) is 5.75 Å². The number of rotatable bonds is 3. The molecule has 92 valence electrons. The van der Waals surface area contributed by atoms with Crippen LogP contribution in [0, 0.1) is 12.7 Å². The topological polar surface area (TPSA) is 47.6 Å². The van der Waals surface area contributed by atoms with E-state index in [2.05, 4.69) is 5.32 Å². The molecule has 1 amide bonds. The number of hydrogen-bond donors (Lipinski definition) is 1. The van der Waals surface area contributed by atoms with E-state index < -0.39 is 11.9 Å². The van der Waals surface area contributed by atoms with Crippen LogP contribution in [0.25, 0.3) is 0 Å². The Kier molecular flexibility index (Phi) is 3.38. The molecule has 1 aliphatic heterocycles. The molecule has 1 aliphatic rings.